The average Bonchev–Trinajstić information content (AvgIpc) is 2.90. The normalized spacial score (nSPS) is 12.4. The molecule has 202 valence electrons. The molecule has 2 amide bonds. The van der Waals surface area contributed by atoms with Gasteiger partial charge in [-0.15, -0.1) is 0 Å². The first kappa shape index (κ1) is 29.0. The molecule has 3 aromatic rings. The van der Waals surface area contributed by atoms with E-state index in [-0.39, 0.29) is 24.1 Å². The van der Waals surface area contributed by atoms with E-state index in [0.717, 1.165) is 28.4 Å². The molecule has 1 N–H and O–H groups in total. The molecule has 0 saturated heterocycles. The van der Waals surface area contributed by atoms with Crippen LogP contribution in [0.1, 0.15) is 37.2 Å². The van der Waals surface area contributed by atoms with Crippen molar-refractivity contribution < 1.29 is 14.3 Å². The largest absolute Gasteiger partial charge is 0.497 e. The maximum absolute atomic E-state index is 13.7. The standard InChI is InChI=1S/C29H37N5O3S/c1-8-29(4,27(36)32-23-11-13-24(14-12-23)33(5)6)34(18-22-9-15-25(37-7)16-10-22)26(35)19-38-28-30-20(2)17-21(3)31-28/h9-17H,8,18-19H2,1-7H3,(H,32,36). The molecule has 0 fully saturated rings. The van der Waals surface area contributed by atoms with E-state index in [1.54, 1.807) is 12.0 Å². The molecule has 9 heteroatoms. The van der Waals surface area contributed by atoms with E-state index >= 15 is 0 Å². The second-order valence-corrected chi connectivity index (χ2v) is 10.5. The number of nitrogens with zero attached hydrogens (tertiary/aromatic N) is 4. The Balaban J connectivity index is 1.88. The smallest absolute Gasteiger partial charge is 0.250 e. The first-order valence-electron chi connectivity index (χ1n) is 12.5. The van der Waals surface area contributed by atoms with Gasteiger partial charge in [0.1, 0.15) is 11.3 Å². The van der Waals surface area contributed by atoms with Gasteiger partial charge < -0.3 is 19.9 Å². The topological polar surface area (TPSA) is 87.7 Å². The van der Waals surface area contributed by atoms with Crippen LogP contribution in [-0.2, 0) is 16.1 Å². The minimum Gasteiger partial charge on any atom is -0.497 e. The molecule has 0 aliphatic heterocycles. The number of rotatable bonds is 11. The van der Waals surface area contributed by atoms with Gasteiger partial charge in [0.15, 0.2) is 5.16 Å². The van der Waals surface area contributed by atoms with Gasteiger partial charge in [0.25, 0.3) is 0 Å². The van der Waals surface area contributed by atoms with Crippen LogP contribution in [0, 0.1) is 13.8 Å². The SMILES string of the molecule is CCC(C)(C(=O)Nc1ccc(N(C)C)cc1)N(Cc1ccc(OC)cc1)C(=O)CSc1nc(C)cc(C)n1. The predicted octanol–water partition coefficient (Wildman–Crippen LogP) is 5.10. The first-order chi connectivity index (χ1) is 18.0. The second kappa shape index (κ2) is 12.8. The average molecular weight is 536 g/mol. The van der Waals surface area contributed by atoms with Gasteiger partial charge in [0, 0.05) is 43.4 Å². The van der Waals surface area contributed by atoms with Crippen LogP contribution in [0.15, 0.2) is 59.8 Å². The van der Waals surface area contributed by atoms with Crippen molar-refractivity contribution in [2.24, 2.45) is 0 Å². The van der Waals surface area contributed by atoms with Crippen LogP contribution in [0.25, 0.3) is 0 Å². The third-order valence-electron chi connectivity index (χ3n) is 6.50. The lowest BCUT2D eigenvalue weighted by atomic mass is 9.93. The molecule has 1 unspecified atom stereocenters. The van der Waals surface area contributed by atoms with E-state index in [1.807, 2.05) is 101 Å². The second-order valence-electron chi connectivity index (χ2n) is 9.57. The van der Waals surface area contributed by atoms with E-state index in [4.69, 9.17) is 4.74 Å². The zero-order valence-electron chi connectivity index (χ0n) is 23.2. The fourth-order valence-electron chi connectivity index (χ4n) is 4.00. The Morgan fingerprint density at radius 2 is 1.61 bits per heavy atom. The van der Waals surface area contributed by atoms with Gasteiger partial charge in [-0.2, -0.15) is 0 Å². The summed E-state index contributed by atoms with van der Waals surface area (Å²) in [4.78, 5) is 40.0. The lowest BCUT2D eigenvalue weighted by Gasteiger charge is -2.39. The van der Waals surface area contributed by atoms with Crippen LogP contribution in [0.4, 0.5) is 11.4 Å². The number of aromatic nitrogens is 2. The van der Waals surface area contributed by atoms with Crippen LogP contribution >= 0.6 is 11.8 Å². The number of methoxy groups -OCH3 is 1. The number of ether oxygens (including phenoxy) is 1. The summed E-state index contributed by atoms with van der Waals surface area (Å²) in [6.07, 6.45) is 0.432. The Morgan fingerprint density at radius 3 is 2.13 bits per heavy atom. The third-order valence-corrected chi connectivity index (χ3v) is 7.33. The summed E-state index contributed by atoms with van der Waals surface area (Å²) in [6.45, 7) is 7.81. The van der Waals surface area contributed by atoms with Crippen LogP contribution in [0.2, 0.25) is 0 Å². The molecule has 0 aliphatic carbocycles. The zero-order chi connectivity index (χ0) is 27.9. The van der Waals surface area contributed by atoms with Gasteiger partial charge in [0.2, 0.25) is 11.8 Å². The molecular formula is C29H37N5O3S. The van der Waals surface area contributed by atoms with Gasteiger partial charge in [-0.3, -0.25) is 9.59 Å². The molecule has 1 atom stereocenters. The highest BCUT2D eigenvalue weighted by Crippen LogP contribution is 2.28. The number of hydrogen-bond acceptors (Lipinski definition) is 7. The molecule has 38 heavy (non-hydrogen) atoms. The fraction of sp³-hybridized carbons (Fsp3) is 0.379. The molecule has 1 heterocycles. The fourth-order valence-corrected chi connectivity index (χ4v) is 4.82. The van der Waals surface area contributed by atoms with Gasteiger partial charge >= 0.3 is 0 Å². The third kappa shape index (κ3) is 7.25. The highest BCUT2D eigenvalue weighted by molar-refractivity contribution is 7.99. The van der Waals surface area contributed by atoms with Gasteiger partial charge in [-0.1, -0.05) is 30.8 Å². The van der Waals surface area contributed by atoms with Gasteiger partial charge in [-0.05, 0) is 75.2 Å². The summed E-state index contributed by atoms with van der Waals surface area (Å²) in [6, 6.07) is 17.0. The Labute approximate surface area is 229 Å². The van der Waals surface area contributed by atoms with Crippen molar-refractivity contribution in [3.63, 3.8) is 0 Å². The number of thioether (sulfide) groups is 1. The molecular weight excluding hydrogens is 498 g/mol. The lowest BCUT2D eigenvalue weighted by molar-refractivity contribution is -0.143. The minimum atomic E-state index is -1.10. The van der Waals surface area contributed by atoms with Crippen LogP contribution < -0.4 is 15.0 Å². The Bertz CT molecular complexity index is 1230. The van der Waals surface area contributed by atoms with E-state index in [2.05, 4.69) is 15.3 Å². The van der Waals surface area contributed by atoms with Crippen LogP contribution in [0.3, 0.4) is 0 Å². The van der Waals surface area contributed by atoms with E-state index in [1.165, 1.54) is 11.8 Å². The van der Waals surface area contributed by atoms with Crippen molar-refractivity contribution in [2.45, 2.75) is 51.4 Å². The first-order valence-corrected chi connectivity index (χ1v) is 13.5. The summed E-state index contributed by atoms with van der Waals surface area (Å²) in [5.74, 6) is 0.425. The van der Waals surface area contributed by atoms with Gasteiger partial charge in [0.05, 0.1) is 12.9 Å². The van der Waals surface area contributed by atoms with Crippen LogP contribution in [-0.4, -0.2) is 59.2 Å². The number of nitrogens with one attached hydrogen (secondary N) is 1. The van der Waals surface area contributed by atoms with Crippen molar-refractivity contribution >= 4 is 35.0 Å². The molecule has 0 spiro atoms. The Kier molecular flexibility index (Phi) is 9.74. The molecule has 1 aromatic heterocycles. The number of benzene rings is 2. The van der Waals surface area contributed by atoms with Crippen molar-refractivity contribution in [1.29, 1.82) is 0 Å². The highest BCUT2D eigenvalue weighted by atomic mass is 32.2. The molecule has 8 nitrogen and oxygen atoms in total. The zero-order valence-corrected chi connectivity index (χ0v) is 24.1. The molecule has 0 bridgehead atoms. The molecule has 3 rings (SSSR count). The summed E-state index contributed by atoms with van der Waals surface area (Å²) >= 11 is 1.28. The number of hydrogen-bond donors (Lipinski definition) is 1. The summed E-state index contributed by atoms with van der Waals surface area (Å²) in [5.41, 5.74) is 3.20. The number of amides is 2. The number of carbonyl (C=O) groups is 2. The lowest BCUT2D eigenvalue weighted by Crippen LogP contribution is -2.57. The predicted molar refractivity (Wildman–Crippen MR) is 154 cm³/mol. The summed E-state index contributed by atoms with van der Waals surface area (Å²) in [5, 5.41) is 3.57. The maximum atomic E-state index is 13.7. The van der Waals surface area contributed by atoms with E-state index in [0.29, 0.717) is 17.3 Å². The molecule has 2 aromatic carbocycles. The number of carbonyl (C=O) groups excluding carboxylic acids is 2. The van der Waals surface area contributed by atoms with Crippen molar-refractivity contribution in [3.05, 3.63) is 71.5 Å². The van der Waals surface area contributed by atoms with Gasteiger partial charge in [-0.25, -0.2) is 9.97 Å². The summed E-state index contributed by atoms with van der Waals surface area (Å²) in [7, 11) is 5.54. The van der Waals surface area contributed by atoms with Crippen molar-refractivity contribution in [2.75, 3.05) is 37.2 Å². The van der Waals surface area contributed by atoms with Crippen molar-refractivity contribution in [3.8, 4) is 5.75 Å². The van der Waals surface area contributed by atoms with Crippen LogP contribution in [0.5, 0.6) is 5.75 Å². The quantitative estimate of drug-likeness (QED) is 0.270. The number of anilines is 2. The number of aryl methyl sites for hydroxylation is 2. The monoisotopic (exact) mass is 535 g/mol. The minimum absolute atomic E-state index is 0.111. The highest BCUT2D eigenvalue weighted by Gasteiger charge is 2.40. The maximum Gasteiger partial charge on any atom is 0.250 e. The molecule has 0 saturated carbocycles. The van der Waals surface area contributed by atoms with Crippen molar-refractivity contribution in [1.82, 2.24) is 14.9 Å². The Hall–Kier alpha value is -3.59. The molecule has 0 radical (unpaired) electrons. The summed E-state index contributed by atoms with van der Waals surface area (Å²) < 4.78 is 5.28. The Morgan fingerprint density at radius 1 is 1.00 bits per heavy atom. The van der Waals surface area contributed by atoms with E-state index < -0.39 is 5.54 Å². The molecule has 0 aliphatic rings. The van der Waals surface area contributed by atoms with E-state index in [9.17, 15) is 9.59 Å².